The molecule has 2 heterocycles. The van der Waals surface area contributed by atoms with Crippen LogP contribution in [0.15, 0.2) is 36.4 Å². The molecule has 0 aliphatic carbocycles. The Kier molecular flexibility index (Phi) is 4.80. The quantitative estimate of drug-likeness (QED) is 0.685. The molecule has 0 saturated heterocycles. The van der Waals surface area contributed by atoms with Gasteiger partial charge in [-0.1, -0.05) is 17.7 Å². The zero-order chi connectivity index (χ0) is 20.5. The lowest BCUT2D eigenvalue weighted by molar-refractivity contribution is 0.102. The number of aryl methyl sites for hydroxylation is 4. The molecule has 1 aliphatic rings. The number of ether oxygens (including phenoxy) is 2. The predicted octanol–water partition coefficient (Wildman–Crippen LogP) is 4.43. The maximum atomic E-state index is 12.7. The monoisotopic (exact) mass is 390 g/mol. The van der Waals surface area contributed by atoms with Gasteiger partial charge in [0.15, 0.2) is 11.5 Å². The molecule has 0 bridgehead atoms. The van der Waals surface area contributed by atoms with Crippen LogP contribution in [0.3, 0.4) is 0 Å². The molecule has 0 saturated carbocycles. The SMILES string of the molecule is Cc1cc(C)c(Nc2cc(C(=O)Nc3ccc4c(c3)OCO4)nc(C)n2)c(C)c1. The third-order valence-electron chi connectivity index (χ3n) is 4.63. The van der Waals surface area contributed by atoms with Crippen molar-refractivity contribution in [1.82, 2.24) is 9.97 Å². The Morgan fingerprint density at radius 1 is 0.931 bits per heavy atom. The molecule has 0 spiro atoms. The number of carbonyl (C=O) groups excluding carboxylic acids is 1. The van der Waals surface area contributed by atoms with Crippen LogP contribution in [0.5, 0.6) is 11.5 Å². The summed E-state index contributed by atoms with van der Waals surface area (Å²) in [6, 6.07) is 11.1. The number of fused-ring (bicyclic) bond motifs is 1. The molecular formula is C22H22N4O3. The largest absolute Gasteiger partial charge is 0.454 e. The van der Waals surface area contributed by atoms with Gasteiger partial charge in [-0.25, -0.2) is 9.97 Å². The van der Waals surface area contributed by atoms with Gasteiger partial charge in [0.05, 0.1) is 0 Å². The standard InChI is InChI=1S/C22H22N4O3/c1-12-7-13(2)21(14(3)8-12)26-20-10-17(23-15(4)24-20)22(27)25-16-5-6-18-19(9-16)29-11-28-18/h5-10H,11H2,1-4H3,(H,25,27)(H,23,24,26). The smallest absolute Gasteiger partial charge is 0.274 e. The van der Waals surface area contributed by atoms with Crippen molar-refractivity contribution < 1.29 is 14.3 Å². The third-order valence-corrected chi connectivity index (χ3v) is 4.63. The maximum Gasteiger partial charge on any atom is 0.274 e. The molecule has 1 aliphatic heterocycles. The van der Waals surface area contributed by atoms with E-state index >= 15 is 0 Å². The van der Waals surface area contributed by atoms with Crippen molar-refractivity contribution in [2.75, 3.05) is 17.4 Å². The van der Waals surface area contributed by atoms with Crippen LogP contribution in [-0.4, -0.2) is 22.7 Å². The van der Waals surface area contributed by atoms with Crippen molar-refractivity contribution in [3.8, 4) is 11.5 Å². The van der Waals surface area contributed by atoms with Gasteiger partial charge in [-0.05, 0) is 51.0 Å². The Morgan fingerprint density at radius 2 is 1.66 bits per heavy atom. The van der Waals surface area contributed by atoms with Crippen molar-refractivity contribution >= 4 is 23.1 Å². The van der Waals surface area contributed by atoms with E-state index in [2.05, 4.69) is 39.7 Å². The number of aromatic nitrogens is 2. The van der Waals surface area contributed by atoms with Crippen LogP contribution in [0.25, 0.3) is 0 Å². The second-order valence-electron chi connectivity index (χ2n) is 7.11. The normalized spacial score (nSPS) is 12.0. The summed E-state index contributed by atoms with van der Waals surface area (Å²) in [7, 11) is 0. The zero-order valence-corrected chi connectivity index (χ0v) is 16.8. The molecule has 0 radical (unpaired) electrons. The van der Waals surface area contributed by atoms with Crippen LogP contribution in [-0.2, 0) is 0 Å². The first-order valence-corrected chi connectivity index (χ1v) is 9.30. The first-order chi connectivity index (χ1) is 13.9. The fourth-order valence-corrected chi connectivity index (χ4v) is 3.42. The van der Waals surface area contributed by atoms with Crippen LogP contribution in [0.4, 0.5) is 17.2 Å². The van der Waals surface area contributed by atoms with Crippen LogP contribution >= 0.6 is 0 Å². The van der Waals surface area contributed by atoms with Crippen LogP contribution < -0.4 is 20.1 Å². The van der Waals surface area contributed by atoms with Gasteiger partial charge < -0.3 is 20.1 Å². The van der Waals surface area contributed by atoms with E-state index in [-0.39, 0.29) is 18.4 Å². The van der Waals surface area contributed by atoms with Gasteiger partial charge in [0.2, 0.25) is 6.79 Å². The number of anilines is 3. The van der Waals surface area contributed by atoms with Gasteiger partial charge in [-0.3, -0.25) is 4.79 Å². The van der Waals surface area contributed by atoms with Crippen LogP contribution in [0, 0.1) is 27.7 Å². The maximum absolute atomic E-state index is 12.7. The highest BCUT2D eigenvalue weighted by Crippen LogP contribution is 2.34. The fourth-order valence-electron chi connectivity index (χ4n) is 3.42. The van der Waals surface area contributed by atoms with Crippen LogP contribution in [0.1, 0.15) is 33.0 Å². The zero-order valence-electron chi connectivity index (χ0n) is 16.8. The van der Waals surface area contributed by atoms with Crippen LogP contribution in [0.2, 0.25) is 0 Å². The van der Waals surface area contributed by atoms with Gasteiger partial charge in [0.25, 0.3) is 5.91 Å². The number of benzene rings is 2. The summed E-state index contributed by atoms with van der Waals surface area (Å²) in [5.74, 6) is 2.02. The number of amides is 1. The molecule has 7 nitrogen and oxygen atoms in total. The number of hydrogen-bond acceptors (Lipinski definition) is 6. The van der Waals surface area contributed by atoms with E-state index in [1.807, 2.05) is 13.8 Å². The molecular weight excluding hydrogens is 368 g/mol. The fraction of sp³-hybridized carbons (Fsp3) is 0.227. The molecule has 0 unspecified atom stereocenters. The van der Waals surface area contributed by atoms with Gasteiger partial charge in [0.1, 0.15) is 17.3 Å². The summed E-state index contributed by atoms with van der Waals surface area (Å²) >= 11 is 0. The summed E-state index contributed by atoms with van der Waals surface area (Å²) in [6.07, 6.45) is 0. The van der Waals surface area contributed by atoms with Gasteiger partial charge in [-0.15, -0.1) is 0 Å². The lowest BCUT2D eigenvalue weighted by Crippen LogP contribution is -2.15. The predicted molar refractivity (Wildman–Crippen MR) is 111 cm³/mol. The molecule has 3 aromatic rings. The number of rotatable bonds is 4. The Bertz CT molecular complexity index is 1090. The van der Waals surface area contributed by atoms with Crippen molar-refractivity contribution in [3.05, 3.63) is 64.6 Å². The summed E-state index contributed by atoms with van der Waals surface area (Å²) < 4.78 is 10.6. The molecule has 2 N–H and O–H groups in total. The highest BCUT2D eigenvalue weighted by molar-refractivity contribution is 6.03. The molecule has 1 amide bonds. The highest BCUT2D eigenvalue weighted by Gasteiger charge is 2.16. The molecule has 2 aromatic carbocycles. The number of hydrogen-bond donors (Lipinski definition) is 2. The molecule has 0 fully saturated rings. The van der Waals surface area contributed by atoms with E-state index < -0.39 is 0 Å². The molecule has 1 aromatic heterocycles. The molecule has 4 rings (SSSR count). The average Bonchev–Trinajstić information content (AvgIpc) is 3.12. The van der Waals surface area contributed by atoms with Gasteiger partial charge >= 0.3 is 0 Å². The van der Waals surface area contributed by atoms with Crippen molar-refractivity contribution in [2.24, 2.45) is 0 Å². The topological polar surface area (TPSA) is 85.4 Å². The van der Waals surface area contributed by atoms with Crippen molar-refractivity contribution in [3.63, 3.8) is 0 Å². The Labute approximate surface area is 169 Å². The lowest BCUT2D eigenvalue weighted by Gasteiger charge is -2.14. The second kappa shape index (κ2) is 7.43. The average molecular weight is 390 g/mol. The molecule has 29 heavy (non-hydrogen) atoms. The Hall–Kier alpha value is -3.61. The molecule has 7 heteroatoms. The number of nitrogens with zero attached hydrogens (tertiary/aromatic N) is 2. The summed E-state index contributed by atoms with van der Waals surface area (Å²) in [6.45, 7) is 8.10. The minimum absolute atomic E-state index is 0.185. The summed E-state index contributed by atoms with van der Waals surface area (Å²) in [5, 5.41) is 6.18. The second-order valence-corrected chi connectivity index (χ2v) is 7.11. The van der Waals surface area contributed by atoms with Crippen molar-refractivity contribution in [1.29, 1.82) is 0 Å². The van der Waals surface area contributed by atoms with E-state index in [9.17, 15) is 4.79 Å². The lowest BCUT2D eigenvalue weighted by atomic mass is 10.1. The van der Waals surface area contributed by atoms with Gasteiger partial charge in [0, 0.05) is 23.5 Å². The van der Waals surface area contributed by atoms with E-state index in [1.54, 1.807) is 31.2 Å². The first kappa shape index (κ1) is 18.7. The summed E-state index contributed by atoms with van der Waals surface area (Å²) in [4.78, 5) is 21.5. The minimum atomic E-state index is -0.324. The third kappa shape index (κ3) is 3.99. The first-order valence-electron chi connectivity index (χ1n) is 9.30. The van der Waals surface area contributed by atoms with E-state index in [4.69, 9.17) is 9.47 Å². The van der Waals surface area contributed by atoms with Crippen molar-refractivity contribution in [2.45, 2.75) is 27.7 Å². The number of carbonyl (C=O) groups is 1. The molecule has 148 valence electrons. The Balaban J connectivity index is 1.57. The Morgan fingerprint density at radius 3 is 2.41 bits per heavy atom. The van der Waals surface area contributed by atoms with E-state index in [0.717, 1.165) is 16.8 Å². The summed E-state index contributed by atoms with van der Waals surface area (Å²) in [5.41, 5.74) is 5.30. The number of nitrogens with one attached hydrogen (secondary N) is 2. The van der Waals surface area contributed by atoms with E-state index in [1.165, 1.54) is 5.56 Å². The van der Waals surface area contributed by atoms with E-state index in [0.29, 0.717) is 28.8 Å². The minimum Gasteiger partial charge on any atom is -0.454 e. The van der Waals surface area contributed by atoms with Gasteiger partial charge in [-0.2, -0.15) is 0 Å². The highest BCUT2D eigenvalue weighted by atomic mass is 16.7. The molecule has 0 atom stereocenters.